The minimum Gasteiger partial charge on any atom is -0.454 e. The molecule has 0 bridgehead atoms. The van der Waals surface area contributed by atoms with Gasteiger partial charge in [-0.2, -0.15) is 0 Å². The number of hydrogen-bond acceptors (Lipinski definition) is 5. The van der Waals surface area contributed by atoms with Gasteiger partial charge in [0.15, 0.2) is 11.5 Å². The van der Waals surface area contributed by atoms with Gasteiger partial charge in [0.05, 0.1) is 12.2 Å². The molecule has 6 heteroatoms. The average molecular weight is 526 g/mol. The van der Waals surface area contributed by atoms with Crippen molar-refractivity contribution >= 4 is 5.91 Å². The fraction of sp³-hybridized carbons (Fsp3) is 0.781. The number of nitrogens with one attached hydrogen (secondary N) is 1. The highest BCUT2D eigenvalue weighted by molar-refractivity contribution is 5.75. The van der Waals surface area contributed by atoms with Crippen molar-refractivity contribution in [1.82, 2.24) is 5.32 Å². The van der Waals surface area contributed by atoms with E-state index >= 15 is 0 Å². The predicted octanol–water partition coefficient (Wildman–Crippen LogP) is 5.44. The highest BCUT2D eigenvalue weighted by Gasteiger charge is 2.63. The molecule has 4 fully saturated rings. The zero-order valence-corrected chi connectivity index (χ0v) is 23.5. The van der Waals surface area contributed by atoms with Crippen molar-refractivity contribution in [1.29, 1.82) is 0 Å². The Bertz CT molecular complexity index is 1040. The van der Waals surface area contributed by atoms with Crippen molar-refractivity contribution in [3.8, 4) is 11.5 Å². The van der Waals surface area contributed by atoms with Crippen LogP contribution in [0.25, 0.3) is 0 Å². The lowest BCUT2D eigenvalue weighted by Gasteiger charge is -2.62. The van der Waals surface area contributed by atoms with Gasteiger partial charge in [-0.15, -0.1) is 0 Å². The van der Waals surface area contributed by atoms with Gasteiger partial charge in [-0.05, 0) is 122 Å². The Morgan fingerprint density at radius 2 is 1.87 bits per heavy atom. The first-order chi connectivity index (χ1) is 18.2. The highest BCUT2D eigenvalue weighted by atomic mass is 16.7. The number of amides is 1. The fourth-order valence-corrected chi connectivity index (χ4v) is 10.1. The van der Waals surface area contributed by atoms with E-state index in [9.17, 15) is 15.0 Å². The van der Waals surface area contributed by atoms with Gasteiger partial charge in [0, 0.05) is 13.0 Å². The van der Waals surface area contributed by atoms with Gasteiger partial charge in [0.25, 0.3) is 0 Å². The van der Waals surface area contributed by atoms with Crippen LogP contribution in [0.2, 0.25) is 0 Å². The third-order valence-corrected chi connectivity index (χ3v) is 12.3. The summed E-state index contributed by atoms with van der Waals surface area (Å²) in [5, 5.41) is 25.2. The van der Waals surface area contributed by atoms with Crippen molar-refractivity contribution in [2.75, 3.05) is 6.79 Å². The van der Waals surface area contributed by atoms with Crippen molar-refractivity contribution in [3.05, 3.63) is 23.8 Å². The molecule has 38 heavy (non-hydrogen) atoms. The number of ether oxygens (including phenoxy) is 2. The Kier molecular flexibility index (Phi) is 6.95. The average Bonchev–Trinajstić information content (AvgIpc) is 3.52. The summed E-state index contributed by atoms with van der Waals surface area (Å²) in [4.78, 5) is 12.7. The Morgan fingerprint density at radius 1 is 1.05 bits per heavy atom. The lowest BCUT2D eigenvalue weighted by Crippen LogP contribution is -2.58. The van der Waals surface area contributed by atoms with E-state index in [1.807, 2.05) is 18.2 Å². The minimum atomic E-state index is -0.272. The molecule has 1 amide bonds. The van der Waals surface area contributed by atoms with Gasteiger partial charge in [-0.3, -0.25) is 4.79 Å². The molecule has 4 saturated carbocycles. The van der Waals surface area contributed by atoms with E-state index < -0.39 is 0 Å². The van der Waals surface area contributed by atoms with Crippen LogP contribution < -0.4 is 14.8 Å². The molecule has 0 saturated heterocycles. The molecule has 1 heterocycles. The van der Waals surface area contributed by atoms with E-state index in [1.165, 1.54) is 25.7 Å². The molecule has 210 valence electrons. The lowest BCUT2D eigenvalue weighted by molar-refractivity contribution is -0.174. The van der Waals surface area contributed by atoms with Gasteiger partial charge in [-0.1, -0.05) is 26.8 Å². The topological polar surface area (TPSA) is 88.0 Å². The third-order valence-electron chi connectivity index (χ3n) is 12.3. The summed E-state index contributed by atoms with van der Waals surface area (Å²) < 4.78 is 10.8. The van der Waals surface area contributed by atoms with Crippen LogP contribution in [-0.2, 0) is 11.3 Å². The van der Waals surface area contributed by atoms with Gasteiger partial charge in [0.2, 0.25) is 12.7 Å². The van der Waals surface area contributed by atoms with E-state index in [4.69, 9.17) is 9.47 Å². The zero-order chi connectivity index (χ0) is 26.7. The first-order valence-electron chi connectivity index (χ1n) is 15.2. The number of hydrogen-bond donors (Lipinski definition) is 3. The molecule has 6 nitrogen and oxygen atoms in total. The summed E-state index contributed by atoms with van der Waals surface area (Å²) in [6.45, 7) is 7.91. The summed E-state index contributed by atoms with van der Waals surface area (Å²) in [5.41, 5.74) is 1.23. The van der Waals surface area contributed by atoms with E-state index in [0.29, 0.717) is 48.5 Å². The first kappa shape index (κ1) is 26.4. The molecule has 0 unspecified atom stereocenters. The quantitative estimate of drug-likeness (QED) is 0.460. The van der Waals surface area contributed by atoms with Crippen LogP contribution in [0.1, 0.15) is 90.5 Å². The van der Waals surface area contributed by atoms with Crippen molar-refractivity contribution in [2.45, 2.75) is 104 Å². The monoisotopic (exact) mass is 525 g/mol. The Morgan fingerprint density at radius 3 is 2.71 bits per heavy atom. The zero-order valence-electron chi connectivity index (χ0n) is 23.5. The molecular weight excluding hydrogens is 478 g/mol. The Hall–Kier alpha value is -1.79. The van der Waals surface area contributed by atoms with Gasteiger partial charge in [0.1, 0.15) is 0 Å². The van der Waals surface area contributed by atoms with Gasteiger partial charge >= 0.3 is 0 Å². The SMILES string of the molecule is C[C@H](CCC(=O)NCc1ccc2c(c1)OCO2)[C@@H]1CC[C@@H]2[C@@H]3CC[C@H]4C[C@H](O)CC[C@]4(C)[C@@H]3C[C@H](O)[C@@]21C. The molecule has 0 radical (unpaired) electrons. The second-order valence-electron chi connectivity index (χ2n) is 13.9. The number of fused-ring (bicyclic) bond motifs is 6. The molecule has 1 aliphatic heterocycles. The number of benzene rings is 1. The molecule has 10 atom stereocenters. The maximum Gasteiger partial charge on any atom is 0.231 e. The first-order valence-corrected chi connectivity index (χ1v) is 15.2. The van der Waals surface area contributed by atoms with Crippen LogP contribution in [0.4, 0.5) is 0 Å². The second-order valence-corrected chi connectivity index (χ2v) is 13.9. The predicted molar refractivity (Wildman–Crippen MR) is 145 cm³/mol. The molecule has 1 aromatic carbocycles. The van der Waals surface area contributed by atoms with Crippen molar-refractivity contribution in [3.63, 3.8) is 0 Å². The summed E-state index contributed by atoms with van der Waals surface area (Å²) in [5.74, 6) is 4.92. The van der Waals surface area contributed by atoms with E-state index in [-0.39, 0.29) is 35.7 Å². The smallest absolute Gasteiger partial charge is 0.231 e. The van der Waals surface area contributed by atoms with E-state index in [2.05, 4.69) is 26.1 Å². The molecule has 5 aliphatic rings. The van der Waals surface area contributed by atoms with Crippen LogP contribution in [0, 0.1) is 46.3 Å². The van der Waals surface area contributed by atoms with Crippen LogP contribution in [0.15, 0.2) is 18.2 Å². The maximum absolute atomic E-state index is 12.7. The van der Waals surface area contributed by atoms with Crippen LogP contribution in [0.5, 0.6) is 11.5 Å². The minimum absolute atomic E-state index is 0.0546. The number of carbonyl (C=O) groups excluding carboxylic acids is 1. The van der Waals surface area contributed by atoms with E-state index in [1.54, 1.807) is 0 Å². The molecular formula is C32H47NO5. The summed E-state index contributed by atoms with van der Waals surface area (Å²) >= 11 is 0. The normalized spacial score (nSPS) is 42.1. The van der Waals surface area contributed by atoms with Crippen LogP contribution in [0.3, 0.4) is 0 Å². The second kappa shape index (κ2) is 9.99. The number of carbonyl (C=O) groups is 1. The Balaban J connectivity index is 1.06. The molecule has 6 rings (SSSR count). The lowest BCUT2D eigenvalue weighted by atomic mass is 9.43. The van der Waals surface area contributed by atoms with Crippen LogP contribution >= 0.6 is 0 Å². The molecule has 0 spiro atoms. The Labute approximate surface area is 227 Å². The standard InChI is InChI=1S/C32H47NO5/c1-19(4-11-30(36)33-17-20-5-10-27-28(14-20)38-18-37-27)24-8-9-25-23-7-6-21-15-22(34)12-13-31(21,2)26(23)16-29(35)32(24,25)3/h5,10,14,19,21-26,29,34-35H,4,6-9,11-13,15-18H2,1-3H3,(H,33,36)/t19-,21+,22-,23+,24+,25-,26-,29+,31+,32-/m1/s1. The maximum atomic E-state index is 12.7. The van der Waals surface area contributed by atoms with Gasteiger partial charge in [-0.25, -0.2) is 0 Å². The van der Waals surface area contributed by atoms with Crippen molar-refractivity contribution < 1.29 is 24.5 Å². The number of rotatable bonds is 6. The summed E-state index contributed by atoms with van der Waals surface area (Å²) in [7, 11) is 0. The van der Waals surface area contributed by atoms with Crippen LogP contribution in [-0.4, -0.2) is 35.1 Å². The summed E-state index contributed by atoms with van der Waals surface area (Å²) in [6.07, 6.45) is 9.75. The molecule has 0 aromatic heterocycles. The highest BCUT2D eigenvalue weighted by Crippen LogP contribution is 2.68. The molecule has 4 aliphatic carbocycles. The largest absolute Gasteiger partial charge is 0.454 e. The van der Waals surface area contributed by atoms with E-state index in [0.717, 1.165) is 49.2 Å². The molecule has 1 aromatic rings. The summed E-state index contributed by atoms with van der Waals surface area (Å²) in [6, 6.07) is 5.80. The molecule has 3 N–H and O–H groups in total. The fourth-order valence-electron chi connectivity index (χ4n) is 10.1. The number of aliphatic hydroxyl groups excluding tert-OH is 2. The van der Waals surface area contributed by atoms with Gasteiger partial charge < -0.3 is 25.0 Å². The third kappa shape index (κ3) is 4.34. The van der Waals surface area contributed by atoms with Crippen molar-refractivity contribution in [2.24, 2.45) is 46.3 Å². The number of aliphatic hydroxyl groups is 2.